The van der Waals surface area contributed by atoms with E-state index in [4.69, 9.17) is 19.6 Å². The molecule has 2 aromatic carbocycles. The van der Waals surface area contributed by atoms with Crippen molar-refractivity contribution < 1.29 is 19.0 Å². The smallest absolute Gasteiger partial charge is 0.283 e. The van der Waals surface area contributed by atoms with Crippen molar-refractivity contribution in [2.24, 2.45) is 16.0 Å². The average Bonchev–Trinajstić information content (AvgIpc) is 3.26. The second kappa shape index (κ2) is 10.8. The van der Waals surface area contributed by atoms with Gasteiger partial charge in [-0.25, -0.2) is 0 Å². The molecule has 0 aromatic heterocycles. The van der Waals surface area contributed by atoms with Crippen LogP contribution in [0.5, 0.6) is 17.2 Å². The maximum absolute atomic E-state index is 12.7. The molecular weight excluding hydrogens is 579 g/mol. The summed E-state index contributed by atoms with van der Waals surface area (Å²) in [4.78, 5) is 16.8. The van der Waals surface area contributed by atoms with E-state index in [0.717, 1.165) is 14.4 Å². The Labute approximate surface area is 222 Å². The Morgan fingerprint density at radius 2 is 1.89 bits per heavy atom. The molecule has 0 unspecified atom stereocenters. The molecule has 0 saturated heterocycles. The molecule has 0 fully saturated rings. The number of thioether (sulfide) groups is 1. The van der Waals surface area contributed by atoms with Gasteiger partial charge in [0, 0.05) is 5.92 Å². The number of aliphatic imine (C=N–C) groups is 1. The molecule has 0 atom stereocenters. The van der Waals surface area contributed by atoms with E-state index in [1.54, 1.807) is 19.3 Å². The van der Waals surface area contributed by atoms with Gasteiger partial charge in [0.2, 0.25) is 5.17 Å². The van der Waals surface area contributed by atoms with Gasteiger partial charge in [0.15, 0.2) is 17.3 Å². The number of hydrazone groups is 1. The summed E-state index contributed by atoms with van der Waals surface area (Å²) < 4.78 is 18.0. The number of carbonyl (C=O) groups is 1. The largest absolute Gasteiger partial charge is 0.493 e. The van der Waals surface area contributed by atoms with Crippen LogP contribution in [0.2, 0.25) is 0 Å². The number of halogens is 1. The van der Waals surface area contributed by atoms with Gasteiger partial charge < -0.3 is 14.2 Å². The molecule has 0 spiro atoms. The lowest BCUT2D eigenvalue weighted by Crippen LogP contribution is -2.35. The highest BCUT2D eigenvalue weighted by Crippen LogP contribution is 2.36. The van der Waals surface area contributed by atoms with E-state index in [-0.39, 0.29) is 17.3 Å². The fourth-order valence-electron chi connectivity index (χ4n) is 3.31. The minimum atomic E-state index is -0.462. The SMILES string of the molecule is COc1cc(/C=C2/C(=N)N3N=C(C(C)C)SC3=NC2=O)cc(I)c1OCCOc1ccc(C)cc1. The summed E-state index contributed by atoms with van der Waals surface area (Å²) in [5, 5.41) is 15.7. The first kappa shape index (κ1) is 25.2. The summed E-state index contributed by atoms with van der Waals surface area (Å²) >= 11 is 3.49. The number of hydrogen-bond donors (Lipinski definition) is 1. The fourth-order valence-corrected chi connectivity index (χ4v) is 4.98. The monoisotopic (exact) mass is 604 g/mol. The predicted molar refractivity (Wildman–Crippen MR) is 148 cm³/mol. The van der Waals surface area contributed by atoms with E-state index < -0.39 is 5.91 Å². The molecule has 8 nitrogen and oxygen atoms in total. The van der Waals surface area contributed by atoms with Crippen molar-refractivity contribution in [3.63, 3.8) is 0 Å². The zero-order valence-electron chi connectivity index (χ0n) is 19.8. The molecule has 182 valence electrons. The van der Waals surface area contributed by atoms with Crippen LogP contribution in [0.25, 0.3) is 6.08 Å². The minimum Gasteiger partial charge on any atom is -0.493 e. The van der Waals surface area contributed by atoms with Crippen molar-refractivity contribution in [2.45, 2.75) is 20.8 Å². The Bertz CT molecular complexity index is 1250. The molecule has 2 aliphatic rings. The number of carbonyl (C=O) groups excluding carboxylic acids is 1. The molecule has 2 aromatic rings. The van der Waals surface area contributed by atoms with Crippen molar-refractivity contribution in [2.75, 3.05) is 20.3 Å². The maximum atomic E-state index is 12.7. The second-order valence-electron chi connectivity index (χ2n) is 8.16. The molecule has 2 aliphatic heterocycles. The summed E-state index contributed by atoms with van der Waals surface area (Å²) in [6.45, 7) is 6.77. The van der Waals surface area contributed by atoms with Crippen LogP contribution in [0.1, 0.15) is 25.0 Å². The Balaban J connectivity index is 1.49. The van der Waals surface area contributed by atoms with E-state index in [0.29, 0.717) is 35.4 Å². The van der Waals surface area contributed by atoms with Crippen LogP contribution in [0.15, 0.2) is 52.1 Å². The van der Waals surface area contributed by atoms with Crippen molar-refractivity contribution in [1.29, 1.82) is 5.41 Å². The highest BCUT2D eigenvalue weighted by Gasteiger charge is 2.36. The van der Waals surface area contributed by atoms with Crippen molar-refractivity contribution in [3.05, 3.63) is 56.7 Å². The van der Waals surface area contributed by atoms with Gasteiger partial charge in [-0.2, -0.15) is 15.1 Å². The normalized spacial score (nSPS) is 16.4. The zero-order valence-corrected chi connectivity index (χ0v) is 22.8. The number of amides is 1. The number of methoxy groups -OCH3 is 1. The highest BCUT2D eigenvalue weighted by atomic mass is 127. The quantitative estimate of drug-likeness (QED) is 0.248. The molecule has 2 heterocycles. The van der Waals surface area contributed by atoms with Gasteiger partial charge in [-0.1, -0.05) is 31.5 Å². The van der Waals surface area contributed by atoms with Crippen LogP contribution < -0.4 is 14.2 Å². The fraction of sp³-hybridized carbons (Fsp3) is 0.280. The van der Waals surface area contributed by atoms with Crippen LogP contribution in [0.3, 0.4) is 0 Å². The minimum absolute atomic E-state index is 0.00528. The molecule has 0 aliphatic carbocycles. The first-order valence-corrected chi connectivity index (χ1v) is 12.9. The van der Waals surface area contributed by atoms with Gasteiger partial charge in [-0.3, -0.25) is 10.2 Å². The molecule has 1 amide bonds. The summed E-state index contributed by atoms with van der Waals surface area (Å²) in [6, 6.07) is 11.5. The number of ether oxygens (including phenoxy) is 3. The van der Waals surface area contributed by atoms with Gasteiger partial charge in [0.25, 0.3) is 5.91 Å². The number of benzene rings is 2. The number of nitrogens with zero attached hydrogens (tertiary/aromatic N) is 3. The number of rotatable bonds is 8. The third kappa shape index (κ3) is 5.69. The molecule has 0 saturated carbocycles. The van der Waals surface area contributed by atoms with E-state index in [1.165, 1.54) is 22.3 Å². The molecule has 35 heavy (non-hydrogen) atoms. The lowest BCUT2D eigenvalue weighted by atomic mass is 10.1. The number of amidine groups is 2. The molecule has 0 radical (unpaired) electrons. The van der Waals surface area contributed by atoms with Gasteiger partial charge >= 0.3 is 0 Å². The van der Waals surface area contributed by atoms with Crippen molar-refractivity contribution >= 4 is 62.4 Å². The number of aryl methyl sites for hydroxylation is 1. The van der Waals surface area contributed by atoms with Gasteiger partial charge in [-0.15, -0.1) is 0 Å². The highest BCUT2D eigenvalue weighted by molar-refractivity contribution is 14.1. The van der Waals surface area contributed by atoms with Gasteiger partial charge in [0.05, 0.1) is 16.3 Å². The Hall–Kier alpha value is -2.86. The van der Waals surface area contributed by atoms with Crippen LogP contribution in [0.4, 0.5) is 0 Å². The topological polar surface area (TPSA) is 96.6 Å². The van der Waals surface area contributed by atoms with E-state index in [1.807, 2.05) is 51.1 Å². The van der Waals surface area contributed by atoms with Gasteiger partial charge in [0.1, 0.15) is 24.0 Å². The molecule has 4 rings (SSSR count). The Morgan fingerprint density at radius 3 is 2.57 bits per heavy atom. The molecule has 0 bridgehead atoms. The Kier molecular flexibility index (Phi) is 7.80. The van der Waals surface area contributed by atoms with Crippen LogP contribution in [-0.4, -0.2) is 47.3 Å². The number of fused-ring (bicyclic) bond motifs is 1. The van der Waals surface area contributed by atoms with E-state index >= 15 is 0 Å². The first-order valence-electron chi connectivity index (χ1n) is 11.0. The number of nitrogens with one attached hydrogen (secondary N) is 1. The molecular formula is C25H25IN4O4S. The van der Waals surface area contributed by atoms with Gasteiger partial charge in [-0.05, 0) is 77.2 Å². The molecule has 1 N–H and O–H groups in total. The summed E-state index contributed by atoms with van der Waals surface area (Å²) in [5.74, 6) is 1.63. The first-order chi connectivity index (χ1) is 16.8. The lowest BCUT2D eigenvalue weighted by Gasteiger charge is -2.20. The third-order valence-electron chi connectivity index (χ3n) is 5.15. The number of hydrogen-bond acceptors (Lipinski definition) is 7. The Morgan fingerprint density at radius 1 is 1.17 bits per heavy atom. The maximum Gasteiger partial charge on any atom is 0.283 e. The standard InChI is InChI=1S/C25H25IN4O4S/c1-14(2)24-29-30-22(27)18(23(31)28-25(30)35-24)11-16-12-19(26)21(20(13-16)32-4)34-10-9-33-17-7-5-15(3)6-8-17/h5-8,11-14,27H,9-10H2,1-4H3/b18-11-,27-22?. The summed E-state index contributed by atoms with van der Waals surface area (Å²) in [5.41, 5.74) is 2.04. The predicted octanol–water partition coefficient (Wildman–Crippen LogP) is 5.34. The second-order valence-corrected chi connectivity index (χ2v) is 10.3. The average molecular weight is 604 g/mol. The van der Waals surface area contributed by atoms with Crippen molar-refractivity contribution in [1.82, 2.24) is 5.01 Å². The third-order valence-corrected chi connectivity index (χ3v) is 7.16. The summed E-state index contributed by atoms with van der Waals surface area (Å²) in [6.07, 6.45) is 1.63. The van der Waals surface area contributed by atoms with Crippen LogP contribution in [-0.2, 0) is 4.79 Å². The van der Waals surface area contributed by atoms with E-state index in [9.17, 15) is 4.79 Å². The zero-order chi connectivity index (χ0) is 25.1. The van der Waals surface area contributed by atoms with Crippen molar-refractivity contribution in [3.8, 4) is 17.2 Å². The summed E-state index contributed by atoms with van der Waals surface area (Å²) in [7, 11) is 1.56. The van der Waals surface area contributed by atoms with Crippen LogP contribution >= 0.6 is 34.4 Å². The lowest BCUT2D eigenvalue weighted by molar-refractivity contribution is -0.114. The van der Waals surface area contributed by atoms with Crippen LogP contribution in [0, 0.1) is 21.8 Å². The molecule has 10 heteroatoms. The van der Waals surface area contributed by atoms with E-state index in [2.05, 4.69) is 32.7 Å².